The van der Waals surface area contributed by atoms with Crippen LogP contribution in [0.2, 0.25) is 0 Å². The third-order valence-electron chi connectivity index (χ3n) is 3.82. The molecule has 21 heavy (non-hydrogen) atoms. The summed E-state index contributed by atoms with van der Waals surface area (Å²) in [7, 11) is 0. The Bertz CT molecular complexity index is 554. The molecule has 0 saturated carbocycles. The molecule has 2 saturated heterocycles. The van der Waals surface area contributed by atoms with E-state index in [2.05, 4.69) is 15.5 Å². The van der Waals surface area contributed by atoms with E-state index in [1.807, 2.05) is 0 Å². The molecular weight excluding hydrogens is 280 g/mol. The lowest BCUT2D eigenvalue weighted by Crippen LogP contribution is -2.41. The van der Waals surface area contributed by atoms with Crippen LogP contribution in [-0.4, -0.2) is 62.4 Å². The average Bonchev–Trinajstić information content (AvgIpc) is 3.17. The number of likely N-dealkylation sites (tertiary alicyclic amines) is 1. The zero-order valence-electron chi connectivity index (χ0n) is 11.2. The summed E-state index contributed by atoms with van der Waals surface area (Å²) < 4.78 is 5.07. The largest absolute Gasteiger partial charge is 0.480 e. The van der Waals surface area contributed by atoms with Gasteiger partial charge in [-0.25, -0.2) is 4.79 Å². The van der Waals surface area contributed by atoms with Crippen LogP contribution in [0.5, 0.6) is 0 Å². The summed E-state index contributed by atoms with van der Waals surface area (Å²) in [6.45, 7) is 0.817. The predicted molar refractivity (Wildman–Crippen MR) is 67.4 cm³/mol. The Kier molecular flexibility index (Phi) is 3.60. The highest BCUT2D eigenvalue weighted by Gasteiger charge is 2.41. The summed E-state index contributed by atoms with van der Waals surface area (Å²) in [5.41, 5.74) is 0. The molecule has 0 aromatic carbocycles. The van der Waals surface area contributed by atoms with Crippen molar-refractivity contribution in [3.8, 4) is 0 Å². The van der Waals surface area contributed by atoms with Crippen molar-refractivity contribution in [1.29, 1.82) is 0 Å². The van der Waals surface area contributed by atoms with Gasteiger partial charge in [0.25, 0.3) is 11.7 Å². The molecule has 9 nitrogen and oxygen atoms in total. The molecule has 3 heterocycles. The number of aliphatic hydroxyl groups is 1. The van der Waals surface area contributed by atoms with Crippen LogP contribution in [0.25, 0.3) is 0 Å². The van der Waals surface area contributed by atoms with Crippen LogP contribution in [0.3, 0.4) is 0 Å². The molecule has 9 heteroatoms. The zero-order valence-corrected chi connectivity index (χ0v) is 11.2. The fraction of sp³-hybridized carbons (Fsp3) is 0.667. The number of carboxylic acid groups (broad SMARTS) is 1. The lowest BCUT2D eigenvalue weighted by molar-refractivity contribution is -0.141. The third-order valence-corrected chi connectivity index (χ3v) is 3.82. The van der Waals surface area contributed by atoms with Gasteiger partial charge >= 0.3 is 5.97 Å². The van der Waals surface area contributed by atoms with Crippen molar-refractivity contribution in [1.82, 2.24) is 20.4 Å². The predicted octanol–water partition coefficient (Wildman–Crippen LogP) is -0.846. The summed E-state index contributed by atoms with van der Waals surface area (Å²) in [5, 5.41) is 25.5. The molecule has 3 N–H and O–H groups in total. The van der Waals surface area contributed by atoms with E-state index in [4.69, 9.17) is 9.63 Å². The number of aliphatic hydroxyl groups excluding tert-OH is 1. The maximum Gasteiger partial charge on any atom is 0.326 e. The molecule has 1 aromatic rings. The minimum atomic E-state index is -1.15. The molecule has 0 bridgehead atoms. The average molecular weight is 296 g/mol. The van der Waals surface area contributed by atoms with Crippen LogP contribution in [0.1, 0.15) is 41.8 Å². The highest BCUT2D eigenvalue weighted by atomic mass is 16.5. The maximum atomic E-state index is 12.3. The van der Waals surface area contributed by atoms with Crippen LogP contribution in [0.15, 0.2) is 4.52 Å². The summed E-state index contributed by atoms with van der Waals surface area (Å²) in [4.78, 5) is 28.5. The van der Waals surface area contributed by atoms with Crippen molar-refractivity contribution in [3.05, 3.63) is 11.7 Å². The number of nitrogens with one attached hydrogen (secondary N) is 1. The fourth-order valence-electron chi connectivity index (χ4n) is 2.76. The lowest BCUT2D eigenvalue weighted by Gasteiger charge is -2.18. The highest BCUT2D eigenvalue weighted by Crippen LogP contribution is 2.23. The molecule has 2 aliphatic heterocycles. The second-order valence-corrected chi connectivity index (χ2v) is 5.31. The quantitative estimate of drug-likeness (QED) is 0.658. The zero-order chi connectivity index (χ0) is 15.0. The number of amides is 1. The molecule has 1 unspecified atom stereocenters. The lowest BCUT2D eigenvalue weighted by atomic mass is 10.2. The molecule has 1 aromatic heterocycles. The van der Waals surface area contributed by atoms with Gasteiger partial charge in [-0.3, -0.25) is 4.79 Å². The Labute approximate surface area is 119 Å². The van der Waals surface area contributed by atoms with Crippen LogP contribution < -0.4 is 5.32 Å². The first-order valence-electron chi connectivity index (χ1n) is 6.85. The van der Waals surface area contributed by atoms with Gasteiger partial charge < -0.3 is 25.0 Å². The number of carbonyl (C=O) groups excluding carboxylic acids is 1. The van der Waals surface area contributed by atoms with Gasteiger partial charge in [-0.1, -0.05) is 5.16 Å². The van der Waals surface area contributed by atoms with Crippen LogP contribution in [-0.2, 0) is 4.79 Å². The highest BCUT2D eigenvalue weighted by molar-refractivity contribution is 5.93. The number of β-amino-alcohol motifs (C(OH)–C–C–N with tert-alkyl or cyclic N) is 1. The molecule has 0 radical (unpaired) electrons. The van der Waals surface area contributed by atoms with Gasteiger partial charge in [0.2, 0.25) is 5.89 Å². The molecule has 3 rings (SSSR count). The smallest absolute Gasteiger partial charge is 0.326 e. The van der Waals surface area contributed by atoms with Crippen molar-refractivity contribution in [2.45, 2.75) is 37.5 Å². The number of hydrogen-bond donors (Lipinski definition) is 3. The summed E-state index contributed by atoms with van der Waals surface area (Å²) in [5.74, 6) is -1.62. The van der Waals surface area contributed by atoms with Crippen molar-refractivity contribution >= 4 is 11.9 Å². The Morgan fingerprint density at radius 2 is 2.24 bits per heavy atom. The number of carbonyl (C=O) groups is 2. The summed E-state index contributed by atoms with van der Waals surface area (Å²) >= 11 is 0. The number of carboxylic acids is 1. The topological polar surface area (TPSA) is 129 Å². The molecule has 114 valence electrons. The van der Waals surface area contributed by atoms with Gasteiger partial charge in [0.05, 0.1) is 12.1 Å². The Morgan fingerprint density at radius 1 is 1.43 bits per heavy atom. The van der Waals surface area contributed by atoms with E-state index < -0.39 is 24.0 Å². The number of rotatable bonds is 3. The normalized spacial score (nSPS) is 29.0. The van der Waals surface area contributed by atoms with E-state index in [0.717, 1.165) is 24.3 Å². The molecule has 0 spiro atoms. The number of hydrogen-bond acceptors (Lipinski definition) is 7. The van der Waals surface area contributed by atoms with Crippen molar-refractivity contribution in [2.75, 3.05) is 13.1 Å². The van der Waals surface area contributed by atoms with Gasteiger partial charge in [0.1, 0.15) is 6.04 Å². The van der Waals surface area contributed by atoms with Crippen LogP contribution in [0.4, 0.5) is 0 Å². The number of aliphatic carboxylic acids is 1. The van der Waals surface area contributed by atoms with Gasteiger partial charge in [-0.15, -0.1) is 0 Å². The van der Waals surface area contributed by atoms with Crippen LogP contribution >= 0.6 is 0 Å². The Morgan fingerprint density at radius 3 is 2.90 bits per heavy atom. The Hall–Kier alpha value is -2.00. The standard InChI is InChI=1S/C12H16N4O5/c17-6-4-8(12(19)20)16(5-6)11(18)9-14-10(21-15-9)7-2-1-3-13-7/h6-8,13,17H,1-5H2,(H,19,20)/t6-,7?,8+/m1/s1. The van der Waals surface area contributed by atoms with Gasteiger partial charge in [-0.05, 0) is 19.4 Å². The minimum absolute atomic E-state index is 0.00988. The van der Waals surface area contributed by atoms with Gasteiger partial charge in [-0.2, -0.15) is 4.98 Å². The van der Waals surface area contributed by atoms with Gasteiger partial charge in [0.15, 0.2) is 0 Å². The Balaban J connectivity index is 1.76. The van der Waals surface area contributed by atoms with E-state index >= 15 is 0 Å². The third kappa shape index (κ3) is 2.61. The first-order valence-corrected chi connectivity index (χ1v) is 6.85. The van der Waals surface area contributed by atoms with E-state index in [-0.39, 0.29) is 24.8 Å². The minimum Gasteiger partial charge on any atom is -0.480 e. The molecule has 3 atom stereocenters. The first kappa shape index (κ1) is 14.0. The fourth-order valence-corrected chi connectivity index (χ4v) is 2.76. The summed E-state index contributed by atoms with van der Waals surface area (Å²) in [6, 6.07) is -1.11. The monoisotopic (exact) mass is 296 g/mol. The molecule has 2 fully saturated rings. The molecule has 1 amide bonds. The summed E-state index contributed by atoms with van der Waals surface area (Å²) in [6.07, 6.45) is 1.01. The maximum absolute atomic E-state index is 12.3. The van der Waals surface area contributed by atoms with E-state index in [1.54, 1.807) is 0 Å². The molecule has 2 aliphatic rings. The van der Waals surface area contributed by atoms with E-state index in [9.17, 15) is 14.7 Å². The second-order valence-electron chi connectivity index (χ2n) is 5.31. The number of aromatic nitrogens is 2. The van der Waals surface area contributed by atoms with Crippen LogP contribution in [0, 0.1) is 0 Å². The van der Waals surface area contributed by atoms with E-state index in [1.165, 1.54) is 0 Å². The van der Waals surface area contributed by atoms with Gasteiger partial charge in [0, 0.05) is 13.0 Å². The second kappa shape index (κ2) is 5.41. The van der Waals surface area contributed by atoms with E-state index in [0.29, 0.717) is 5.89 Å². The van der Waals surface area contributed by atoms with Crippen molar-refractivity contribution < 1.29 is 24.3 Å². The van der Waals surface area contributed by atoms with Crippen molar-refractivity contribution in [3.63, 3.8) is 0 Å². The SMILES string of the molecule is O=C(O)[C@@H]1C[C@@H](O)CN1C(=O)c1noc(C2CCCN2)n1. The molecular formula is C12H16N4O5. The molecule has 0 aliphatic carbocycles. The van der Waals surface area contributed by atoms with Crippen molar-refractivity contribution in [2.24, 2.45) is 0 Å². The first-order chi connectivity index (χ1) is 10.1. The number of nitrogens with zero attached hydrogens (tertiary/aromatic N) is 3.